The molecule has 80 heavy (non-hydrogen) atoms. The van der Waals surface area contributed by atoms with Gasteiger partial charge in [0.05, 0.1) is 0 Å². The van der Waals surface area contributed by atoms with E-state index in [2.05, 4.69) is 20.8 Å². The molecule has 0 aliphatic heterocycles. The Hall–Kier alpha value is -1.59. The molecule has 0 aromatic rings. The van der Waals surface area contributed by atoms with Crippen molar-refractivity contribution in [1.82, 2.24) is 0 Å². The van der Waals surface area contributed by atoms with Crippen LogP contribution < -0.4 is 0 Å². The van der Waals surface area contributed by atoms with Gasteiger partial charge in [0, 0.05) is 19.3 Å². The minimum atomic E-state index is -0.761. The van der Waals surface area contributed by atoms with Crippen molar-refractivity contribution in [3.8, 4) is 0 Å². The molecular weight excluding hydrogens is 985 g/mol. The fourth-order valence-electron chi connectivity index (χ4n) is 11.8. The Bertz CT molecular complexity index is 1200. The van der Waals surface area contributed by atoms with Crippen molar-refractivity contribution < 1.29 is 28.6 Å². The molecule has 0 aliphatic carbocycles. The second-order valence-electron chi connectivity index (χ2n) is 25.6. The molecule has 1 atom stereocenters. The zero-order chi connectivity index (χ0) is 57.8. The minimum Gasteiger partial charge on any atom is -0.462 e. The van der Waals surface area contributed by atoms with Crippen molar-refractivity contribution in [2.24, 2.45) is 0 Å². The molecule has 476 valence electrons. The Balaban J connectivity index is 3.86. The van der Waals surface area contributed by atoms with Crippen molar-refractivity contribution in [3.05, 3.63) is 0 Å². The molecule has 0 aromatic heterocycles. The minimum absolute atomic E-state index is 0.0616. The first-order valence-electron chi connectivity index (χ1n) is 37.0. The number of esters is 3. The van der Waals surface area contributed by atoms with Gasteiger partial charge in [-0.05, 0) is 19.3 Å². The maximum atomic E-state index is 12.9. The average molecular weight is 1130 g/mol. The van der Waals surface area contributed by atoms with E-state index in [1.807, 2.05) is 0 Å². The van der Waals surface area contributed by atoms with Gasteiger partial charge in [0.25, 0.3) is 0 Å². The lowest BCUT2D eigenvalue weighted by molar-refractivity contribution is -0.167. The van der Waals surface area contributed by atoms with Gasteiger partial charge in [-0.15, -0.1) is 0 Å². The molecule has 1 unspecified atom stereocenters. The van der Waals surface area contributed by atoms with Crippen LogP contribution in [0.2, 0.25) is 0 Å². The first-order valence-corrected chi connectivity index (χ1v) is 37.0. The van der Waals surface area contributed by atoms with E-state index in [1.54, 1.807) is 0 Å². The van der Waals surface area contributed by atoms with Crippen LogP contribution in [0, 0.1) is 0 Å². The molecule has 0 rings (SSSR count). The third-order valence-corrected chi connectivity index (χ3v) is 17.4. The Kier molecular flexibility index (Phi) is 68.5. The molecule has 0 bridgehead atoms. The molecule has 0 spiro atoms. The highest BCUT2D eigenvalue weighted by Crippen LogP contribution is 2.20. The molecule has 0 aliphatic rings. The van der Waals surface area contributed by atoms with Gasteiger partial charge in [-0.3, -0.25) is 14.4 Å². The predicted octanol–water partition coefficient (Wildman–Crippen LogP) is 25.4. The highest BCUT2D eigenvalue weighted by atomic mass is 16.6. The van der Waals surface area contributed by atoms with E-state index in [1.165, 1.54) is 340 Å². The molecule has 0 saturated heterocycles. The fourth-order valence-corrected chi connectivity index (χ4v) is 11.8. The van der Waals surface area contributed by atoms with Crippen molar-refractivity contribution in [3.63, 3.8) is 0 Å². The fraction of sp³-hybridized carbons (Fsp3) is 0.959. The standard InChI is InChI=1S/C74H144O6/c1-4-7-10-13-16-18-20-22-24-26-28-30-31-32-33-34-35-36-37-38-39-40-41-42-43-45-46-48-50-52-54-56-58-61-64-67-73(76)79-70-71(69-78-72(75)66-63-60-15-12-9-6-3)80-74(77)68-65-62-59-57-55-53-51-49-47-44-29-27-25-23-21-19-17-14-11-8-5-2/h71H,4-70H2,1-3H3. The molecular formula is C74H144O6. The monoisotopic (exact) mass is 1130 g/mol. The van der Waals surface area contributed by atoms with E-state index in [-0.39, 0.29) is 31.1 Å². The van der Waals surface area contributed by atoms with Gasteiger partial charge in [0.2, 0.25) is 0 Å². The number of rotatable bonds is 70. The summed E-state index contributed by atoms with van der Waals surface area (Å²) in [5, 5.41) is 0. The van der Waals surface area contributed by atoms with Gasteiger partial charge in [-0.2, -0.15) is 0 Å². The maximum Gasteiger partial charge on any atom is 0.306 e. The average Bonchev–Trinajstić information content (AvgIpc) is 3.46. The van der Waals surface area contributed by atoms with Crippen LogP contribution in [0.5, 0.6) is 0 Å². The van der Waals surface area contributed by atoms with E-state index in [4.69, 9.17) is 14.2 Å². The number of hydrogen-bond donors (Lipinski definition) is 0. The topological polar surface area (TPSA) is 78.9 Å². The summed E-state index contributed by atoms with van der Waals surface area (Å²) in [6.45, 7) is 6.68. The molecule has 0 saturated carbocycles. The lowest BCUT2D eigenvalue weighted by Gasteiger charge is -2.18. The molecule has 0 N–H and O–H groups in total. The molecule has 0 heterocycles. The second kappa shape index (κ2) is 69.9. The lowest BCUT2D eigenvalue weighted by Crippen LogP contribution is -2.30. The normalized spacial score (nSPS) is 11.9. The van der Waals surface area contributed by atoms with Crippen molar-refractivity contribution in [1.29, 1.82) is 0 Å². The SMILES string of the molecule is CCCCCCCCCCCCCCCCCCCCCCCCCCCCCCCCCCCCCC(=O)OCC(COC(=O)CCCCCCCC)OC(=O)CCCCCCCCCCCCCCCCCCCCCCC. The molecule has 0 aromatic carbocycles. The van der Waals surface area contributed by atoms with Gasteiger partial charge < -0.3 is 14.2 Å². The molecule has 6 heteroatoms. The second-order valence-corrected chi connectivity index (χ2v) is 25.6. The van der Waals surface area contributed by atoms with Gasteiger partial charge >= 0.3 is 17.9 Å². The molecule has 6 nitrogen and oxygen atoms in total. The van der Waals surface area contributed by atoms with Crippen LogP contribution in [-0.4, -0.2) is 37.2 Å². The summed E-state index contributed by atoms with van der Waals surface area (Å²) in [4.78, 5) is 38.1. The number of unbranched alkanes of at least 4 members (excludes halogenated alkanes) is 59. The summed E-state index contributed by atoms with van der Waals surface area (Å²) in [7, 11) is 0. The third-order valence-electron chi connectivity index (χ3n) is 17.4. The first-order chi connectivity index (χ1) is 39.5. The Morgan fingerprint density at radius 2 is 0.338 bits per heavy atom. The van der Waals surface area contributed by atoms with Crippen LogP contribution >= 0.6 is 0 Å². The predicted molar refractivity (Wildman–Crippen MR) is 349 cm³/mol. The zero-order valence-electron chi connectivity index (χ0n) is 54.9. The van der Waals surface area contributed by atoms with Crippen molar-refractivity contribution in [2.45, 2.75) is 444 Å². The first kappa shape index (κ1) is 78.4. The summed E-state index contributed by atoms with van der Waals surface area (Å²) in [5.41, 5.74) is 0. The van der Waals surface area contributed by atoms with Gasteiger partial charge in [-0.1, -0.05) is 400 Å². The van der Waals surface area contributed by atoms with Gasteiger partial charge in [-0.25, -0.2) is 0 Å². The Morgan fingerprint density at radius 3 is 0.500 bits per heavy atom. The largest absolute Gasteiger partial charge is 0.462 e. The smallest absolute Gasteiger partial charge is 0.306 e. The van der Waals surface area contributed by atoms with Crippen LogP contribution in [0.3, 0.4) is 0 Å². The highest BCUT2D eigenvalue weighted by Gasteiger charge is 2.20. The quantitative estimate of drug-likeness (QED) is 0.0343. The number of carbonyl (C=O) groups is 3. The highest BCUT2D eigenvalue weighted by molar-refractivity contribution is 5.71. The summed E-state index contributed by atoms with van der Waals surface area (Å²) >= 11 is 0. The zero-order valence-corrected chi connectivity index (χ0v) is 54.9. The van der Waals surface area contributed by atoms with E-state index in [0.29, 0.717) is 19.3 Å². The third kappa shape index (κ3) is 67.2. The van der Waals surface area contributed by atoms with Crippen LogP contribution in [-0.2, 0) is 28.6 Å². The maximum absolute atomic E-state index is 12.9. The van der Waals surface area contributed by atoms with Crippen molar-refractivity contribution >= 4 is 17.9 Å². The summed E-state index contributed by atoms with van der Waals surface area (Å²) in [5.74, 6) is -0.837. The Labute approximate surface area is 501 Å². The molecule has 0 radical (unpaired) electrons. The molecule has 0 fully saturated rings. The van der Waals surface area contributed by atoms with E-state index in [9.17, 15) is 14.4 Å². The number of ether oxygens (including phenoxy) is 3. The van der Waals surface area contributed by atoms with Crippen LogP contribution in [0.15, 0.2) is 0 Å². The van der Waals surface area contributed by atoms with E-state index < -0.39 is 6.10 Å². The van der Waals surface area contributed by atoms with Crippen LogP contribution in [0.4, 0.5) is 0 Å². The number of carbonyl (C=O) groups excluding carboxylic acids is 3. The van der Waals surface area contributed by atoms with E-state index >= 15 is 0 Å². The van der Waals surface area contributed by atoms with Crippen LogP contribution in [0.1, 0.15) is 438 Å². The summed E-state index contributed by atoms with van der Waals surface area (Å²) in [6, 6.07) is 0. The van der Waals surface area contributed by atoms with E-state index in [0.717, 1.165) is 57.8 Å². The Morgan fingerprint density at radius 1 is 0.200 bits per heavy atom. The van der Waals surface area contributed by atoms with Crippen LogP contribution in [0.25, 0.3) is 0 Å². The number of hydrogen-bond acceptors (Lipinski definition) is 6. The van der Waals surface area contributed by atoms with Gasteiger partial charge in [0.15, 0.2) is 6.10 Å². The lowest BCUT2D eigenvalue weighted by atomic mass is 10.0. The summed E-state index contributed by atoms with van der Waals surface area (Å²) < 4.78 is 16.9. The summed E-state index contributed by atoms with van der Waals surface area (Å²) in [6.07, 6.45) is 83.5. The van der Waals surface area contributed by atoms with Gasteiger partial charge in [0.1, 0.15) is 13.2 Å². The van der Waals surface area contributed by atoms with Crippen molar-refractivity contribution in [2.75, 3.05) is 13.2 Å². The molecule has 0 amide bonds.